The molecule has 5 heteroatoms. The maximum absolute atomic E-state index is 12.1. The Morgan fingerprint density at radius 3 is 2.81 bits per heavy atom. The van der Waals surface area contributed by atoms with Gasteiger partial charge in [-0.1, -0.05) is 36.7 Å². The molecule has 106 valence electrons. The van der Waals surface area contributed by atoms with Crippen molar-refractivity contribution in [3.8, 4) is 11.8 Å². The largest absolute Gasteiger partial charge is 0.411 e. The minimum Gasteiger partial charge on any atom is -0.411 e. The molecular weight excluding hydrogens is 290 g/mol. The molecule has 2 aromatic carbocycles. The maximum atomic E-state index is 12.1. The smallest absolute Gasteiger partial charge is 0.402 e. The first kappa shape index (κ1) is 13.6. The SMILES string of the molecule is CCc1cccc2nc(Oc3cccc(Cl)c3)oc(=O)c12. The van der Waals surface area contributed by atoms with Crippen LogP contribution in [0.25, 0.3) is 10.9 Å². The van der Waals surface area contributed by atoms with E-state index in [1.54, 1.807) is 30.3 Å². The molecule has 1 heterocycles. The van der Waals surface area contributed by atoms with Crippen molar-refractivity contribution in [1.29, 1.82) is 0 Å². The Hall–Kier alpha value is -2.33. The monoisotopic (exact) mass is 301 g/mol. The van der Waals surface area contributed by atoms with Crippen LogP contribution < -0.4 is 10.4 Å². The Kier molecular flexibility index (Phi) is 3.62. The molecule has 3 aromatic rings. The second kappa shape index (κ2) is 5.58. The zero-order chi connectivity index (χ0) is 14.8. The highest BCUT2D eigenvalue weighted by Crippen LogP contribution is 2.24. The minimum atomic E-state index is -0.450. The summed E-state index contributed by atoms with van der Waals surface area (Å²) in [7, 11) is 0. The van der Waals surface area contributed by atoms with Crippen LogP contribution in [0.15, 0.2) is 51.7 Å². The molecule has 4 nitrogen and oxygen atoms in total. The van der Waals surface area contributed by atoms with E-state index in [1.807, 2.05) is 19.1 Å². The fourth-order valence-electron chi connectivity index (χ4n) is 2.14. The van der Waals surface area contributed by atoms with E-state index in [9.17, 15) is 4.79 Å². The van der Waals surface area contributed by atoms with Crippen LogP contribution in [0.4, 0.5) is 0 Å². The van der Waals surface area contributed by atoms with E-state index in [1.165, 1.54) is 0 Å². The van der Waals surface area contributed by atoms with Crippen LogP contribution in [0.5, 0.6) is 11.8 Å². The Morgan fingerprint density at radius 2 is 2.05 bits per heavy atom. The van der Waals surface area contributed by atoms with Crippen LogP contribution in [0.3, 0.4) is 0 Å². The van der Waals surface area contributed by atoms with Gasteiger partial charge in [-0.15, -0.1) is 0 Å². The molecule has 0 N–H and O–H groups in total. The van der Waals surface area contributed by atoms with Crippen molar-refractivity contribution in [3.05, 3.63) is 63.5 Å². The molecule has 21 heavy (non-hydrogen) atoms. The first-order valence-electron chi connectivity index (χ1n) is 6.53. The van der Waals surface area contributed by atoms with Gasteiger partial charge >= 0.3 is 11.7 Å². The average Bonchev–Trinajstić information content (AvgIpc) is 2.46. The highest BCUT2D eigenvalue weighted by molar-refractivity contribution is 6.30. The van der Waals surface area contributed by atoms with Crippen LogP contribution in [-0.2, 0) is 6.42 Å². The summed E-state index contributed by atoms with van der Waals surface area (Å²) in [5.74, 6) is 0.462. The van der Waals surface area contributed by atoms with Crippen molar-refractivity contribution in [1.82, 2.24) is 4.98 Å². The fourth-order valence-corrected chi connectivity index (χ4v) is 2.32. The molecule has 0 fully saturated rings. The summed E-state index contributed by atoms with van der Waals surface area (Å²) in [6, 6.07) is 12.3. The van der Waals surface area contributed by atoms with E-state index in [0.717, 1.165) is 12.0 Å². The number of rotatable bonds is 3. The molecule has 0 amide bonds. The summed E-state index contributed by atoms with van der Waals surface area (Å²) in [4.78, 5) is 16.4. The van der Waals surface area contributed by atoms with Crippen molar-refractivity contribution in [2.24, 2.45) is 0 Å². The first-order valence-corrected chi connectivity index (χ1v) is 6.91. The van der Waals surface area contributed by atoms with Crippen molar-refractivity contribution in [3.63, 3.8) is 0 Å². The summed E-state index contributed by atoms with van der Waals surface area (Å²) in [5, 5.41) is 1.03. The zero-order valence-corrected chi connectivity index (χ0v) is 12.1. The molecular formula is C16H12ClNO3. The molecule has 0 saturated heterocycles. The molecule has 0 aliphatic heterocycles. The van der Waals surface area contributed by atoms with Crippen LogP contribution in [0.2, 0.25) is 5.02 Å². The molecule has 0 bridgehead atoms. The van der Waals surface area contributed by atoms with Crippen LogP contribution in [-0.4, -0.2) is 4.98 Å². The predicted octanol–water partition coefficient (Wildman–Crippen LogP) is 4.20. The molecule has 0 aliphatic rings. The fraction of sp³-hybridized carbons (Fsp3) is 0.125. The minimum absolute atomic E-state index is 0.0944. The zero-order valence-electron chi connectivity index (χ0n) is 11.3. The number of benzene rings is 2. The van der Waals surface area contributed by atoms with E-state index < -0.39 is 5.63 Å². The highest BCUT2D eigenvalue weighted by atomic mass is 35.5. The Bertz CT molecular complexity index is 858. The number of fused-ring (bicyclic) bond motifs is 1. The first-order chi connectivity index (χ1) is 10.2. The summed E-state index contributed by atoms with van der Waals surface area (Å²) in [6.07, 6.45) is 0.640. The van der Waals surface area contributed by atoms with Gasteiger partial charge in [0.1, 0.15) is 5.75 Å². The second-order valence-corrected chi connectivity index (χ2v) is 4.93. The van der Waals surface area contributed by atoms with Gasteiger partial charge < -0.3 is 9.15 Å². The number of halogens is 1. The standard InChI is InChI=1S/C16H12ClNO3/c1-2-10-5-3-8-13-14(10)15(19)21-16(18-13)20-12-7-4-6-11(17)9-12/h3-9H,2H2,1H3. The lowest BCUT2D eigenvalue weighted by Crippen LogP contribution is -2.05. The lowest BCUT2D eigenvalue weighted by Gasteiger charge is -2.05. The van der Waals surface area contributed by atoms with Crippen molar-refractivity contribution >= 4 is 22.5 Å². The summed E-state index contributed by atoms with van der Waals surface area (Å²) in [5.41, 5.74) is 1.01. The number of aromatic nitrogens is 1. The third-order valence-electron chi connectivity index (χ3n) is 3.11. The molecule has 0 spiro atoms. The molecule has 0 radical (unpaired) electrons. The lowest BCUT2D eigenvalue weighted by molar-refractivity contribution is 0.307. The van der Waals surface area contributed by atoms with Crippen molar-refractivity contribution < 1.29 is 9.15 Å². The molecule has 1 aromatic heterocycles. The van der Waals surface area contributed by atoms with Crippen LogP contribution >= 0.6 is 11.6 Å². The van der Waals surface area contributed by atoms with Gasteiger partial charge in [-0.25, -0.2) is 4.79 Å². The van der Waals surface area contributed by atoms with Crippen molar-refractivity contribution in [2.75, 3.05) is 0 Å². The third kappa shape index (κ3) is 2.76. The Balaban J connectivity index is 2.07. The van der Waals surface area contributed by atoms with E-state index in [2.05, 4.69) is 4.98 Å². The van der Waals surface area contributed by atoms with Gasteiger partial charge in [0.2, 0.25) is 0 Å². The quantitative estimate of drug-likeness (QED) is 0.727. The summed E-state index contributed by atoms with van der Waals surface area (Å²) in [6.45, 7) is 1.98. The van der Waals surface area contributed by atoms with Gasteiger partial charge in [0.15, 0.2) is 0 Å². The second-order valence-electron chi connectivity index (χ2n) is 4.49. The van der Waals surface area contributed by atoms with E-state index in [4.69, 9.17) is 20.8 Å². The number of hydrogen-bond acceptors (Lipinski definition) is 4. The normalized spacial score (nSPS) is 10.8. The van der Waals surface area contributed by atoms with Gasteiger partial charge in [-0.05, 0) is 36.2 Å². The molecule has 0 atom stereocenters. The van der Waals surface area contributed by atoms with Crippen LogP contribution in [0.1, 0.15) is 12.5 Å². The topological polar surface area (TPSA) is 52.3 Å². The Morgan fingerprint density at radius 1 is 1.24 bits per heavy atom. The molecule has 0 aliphatic carbocycles. The molecule has 0 saturated carbocycles. The van der Waals surface area contributed by atoms with Gasteiger partial charge in [-0.2, -0.15) is 4.98 Å². The average molecular weight is 302 g/mol. The maximum Gasteiger partial charge on any atom is 0.402 e. The van der Waals surface area contributed by atoms with E-state index in [0.29, 0.717) is 21.7 Å². The third-order valence-corrected chi connectivity index (χ3v) is 3.34. The highest BCUT2D eigenvalue weighted by Gasteiger charge is 2.11. The predicted molar refractivity (Wildman–Crippen MR) is 81.2 cm³/mol. The van der Waals surface area contributed by atoms with Gasteiger partial charge in [0, 0.05) is 5.02 Å². The van der Waals surface area contributed by atoms with Gasteiger partial charge in [0.05, 0.1) is 10.9 Å². The summed E-state index contributed by atoms with van der Waals surface area (Å²) >= 11 is 5.88. The van der Waals surface area contributed by atoms with E-state index >= 15 is 0 Å². The van der Waals surface area contributed by atoms with Crippen LogP contribution in [0, 0.1) is 0 Å². The molecule has 3 rings (SSSR count). The lowest BCUT2D eigenvalue weighted by atomic mass is 10.1. The van der Waals surface area contributed by atoms with E-state index in [-0.39, 0.29) is 6.08 Å². The number of nitrogens with zero attached hydrogens (tertiary/aromatic N) is 1. The number of hydrogen-bond donors (Lipinski definition) is 0. The number of aryl methyl sites for hydroxylation is 1. The van der Waals surface area contributed by atoms with Gasteiger partial charge in [0.25, 0.3) is 0 Å². The van der Waals surface area contributed by atoms with Crippen molar-refractivity contribution in [2.45, 2.75) is 13.3 Å². The Labute approximate surface area is 126 Å². The van der Waals surface area contributed by atoms with Gasteiger partial charge in [-0.3, -0.25) is 0 Å². The molecule has 0 unspecified atom stereocenters. The summed E-state index contributed by atoms with van der Waals surface area (Å²) < 4.78 is 10.6. The number of ether oxygens (including phenoxy) is 1.